The molecular formula is C13H16BrNO2. The number of hydrogen-bond donors (Lipinski definition) is 0. The number of halogens is 1. The lowest BCUT2D eigenvalue weighted by Crippen LogP contribution is -3.00. The van der Waals surface area contributed by atoms with Gasteiger partial charge in [0.05, 0.1) is 6.42 Å². The molecule has 1 heterocycles. The number of carbonyl (C=O) groups is 1. The zero-order valence-corrected chi connectivity index (χ0v) is 11.4. The molecule has 0 unspecified atom stereocenters. The Bertz CT molecular complexity index is 415. The molecule has 0 radical (unpaired) electrons. The van der Waals surface area contributed by atoms with Gasteiger partial charge in [0.2, 0.25) is 12.3 Å². The van der Waals surface area contributed by atoms with Gasteiger partial charge in [0.25, 0.3) is 0 Å². The number of ether oxygens (including phenoxy) is 1. The molecule has 17 heavy (non-hydrogen) atoms. The molecule has 2 rings (SSSR count). The van der Waals surface area contributed by atoms with Gasteiger partial charge < -0.3 is 21.7 Å². The van der Waals surface area contributed by atoms with Gasteiger partial charge in [0.1, 0.15) is 0 Å². The van der Waals surface area contributed by atoms with Crippen LogP contribution in [0.4, 0.5) is 0 Å². The van der Waals surface area contributed by atoms with E-state index in [9.17, 15) is 4.79 Å². The summed E-state index contributed by atoms with van der Waals surface area (Å²) in [4.78, 5) is 12.0. The largest absolute Gasteiger partial charge is 1.00 e. The first kappa shape index (κ1) is 13.9. The van der Waals surface area contributed by atoms with E-state index in [1.165, 1.54) is 0 Å². The van der Waals surface area contributed by atoms with E-state index >= 15 is 0 Å². The van der Waals surface area contributed by atoms with E-state index in [1.54, 1.807) is 0 Å². The molecule has 0 aromatic heterocycles. The molecule has 1 aromatic rings. The highest BCUT2D eigenvalue weighted by Crippen LogP contribution is 2.04. The van der Waals surface area contributed by atoms with E-state index in [-0.39, 0.29) is 22.8 Å². The Kier molecular flexibility index (Phi) is 5.35. The van der Waals surface area contributed by atoms with E-state index in [2.05, 4.69) is 0 Å². The fourth-order valence-corrected chi connectivity index (χ4v) is 1.87. The van der Waals surface area contributed by atoms with Crippen LogP contribution >= 0.6 is 0 Å². The van der Waals surface area contributed by atoms with E-state index in [0.29, 0.717) is 13.2 Å². The van der Waals surface area contributed by atoms with Crippen molar-refractivity contribution >= 4 is 11.7 Å². The monoisotopic (exact) mass is 297 g/mol. The lowest BCUT2D eigenvalue weighted by atomic mass is 10.1. The molecule has 0 aliphatic carbocycles. The maximum absolute atomic E-state index is 12.0. The number of rotatable bonds is 4. The van der Waals surface area contributed by atoms with Gasteiger partial charge in [0.15, 0.2) is 13.2 Å². The minimum Gasteiger partial charge on any atom is -1.00 e. The average molecular weight is 298 g/mol. The van der Waals surface area contributed by atoms with Crippen LogP contribution in [0.25, 0.3) is 0 Å². The van der Waals surface area contributed by atoms with E-state index in [1.807, 2.05) is 41.8 Å². The molecule has 0 saturated heterocycles. The quantitative estimate of drug-likeness (QED) is 0.512. The van der Waals surface area contributed by atoms with Gasteiger partial charge in [-0.25, -0.2) is 0 Å². The normalized spacial score (nSPS) is 14.2. The van der Waals surface area contributed by atoms with Crippen molar-refractivity contribution < 1.29 is 31.1 Å². The van der Waals surface area contributed by atoms with Crippen molar-refractivity contribution in [3.05, 3.63) is 35.9 Å². The van der Waals surface area contributed by atoms with Crippen molar-refractivity contribution in [3.8, 4) is 0 Å². The van der Waals surface area contributed by atoms with Crippen LogP contribution in [0, 0.1) is 0 Å². The lowest BCUT2D eigenvalue weighted by Gasteiger charge is -1.99. The number of nitrogens with zero attached hydrogens (tertiary/aromatic N) is 1. The molecule has 1 aliphatic rings. The molecule has 0 amide bonds. The first-order valence-corrected chi connectivity index (χ1v) is 5.63. The molecule has 3 nitrogen and oxygen atoms in total. The first-order chi connectivity index (χ1) is 7.81. The highest BCUT2D eigenvalue weighted by Gasteiger charge is 2.24. The third-order valence-corrected chi connectivity index (χ3v) is 2.72. The number of ketones is 1. The number of Topliss-reactive ketones (excluding diaryl/α,β-unsaturated/α-hetero) is 1. The standard InChI is InChI=1S/C13H16NO2.BrH/c1-2-13-14(8-9-16-13)10-12(15)11-6-4-3-5-7-11;/h3-7H,2,8-10H2,1H3;1H/q+1;/p-1. The second-order valence-corrected chi connectivity index (χ2v) is 3.81. The van der Waals surface area contributed by atoms with Crippen LogP contribution in [0.2, 0.25) is 0 Å². The molecule has 1 aliphatic heterocycles. The molecule has 4 heteroatoms. The maximum atomic E-state index is 12.0. The lowest BCUT2D eigenvalue weighted by molar-refractivity contribution is -0.505. The van der Waals surface area contributed by atoms with E-state index in [4.69, 9.17) is 4.74 Å². The summed E-state index contributed by atoms with van der Waals surface area (Å²) in [5.41, 5.74) is 0.768. The second kappa shape index (κ2) is 6.55. The third-order valence-electron chi connectivity index (χ3n) is 2.72. The Morgan fingerprint density at radius 1 is 1.35 bits per heavy atom. The van der Waals surface area contributed by atoms with E-state index in [0.717, 1.165) is 24.4 Å². The summed E-state index contributed by atoms with van der Waals surface area (Å²) in [5.74, 6) is 1.08. The highest BCUT2D eigenvalue weighted by molar-refractivity contribution is 5.97. The van der Waals surface area contributed by atoms with Crippen LogP contribution in [-0.2, 0) is 4.74 Å². The molecule has 0 N–H and O–H groups in total. The van der Waals surface area contributed by atoms with Crippen molar-refractivity contribution in [1.82, 2.24) is 0 Å². The Labute approximate surface area is 112 Å². The summed E-state index contributed by atoms with van der Waals surface area (Å²) in [6, 6.07) is 9.39. The average Bonchev–Trinajstić information content (AvgIpc) is 2.77. The summed E-state index contributed by atoms with van der Waals surface area (Å²) in [5, 5.41) is 0. The number of hydrogen-bond acceptors (Lipinski definition) is 2. The molecular weight excluding hydrogens is 282 g/mol. The van der Waals surface area contributed by atoms with Crippen molar-refractivity contribution in [2.24, 2.45) is 0 Å². The van der Waals surface area contributed by atoms with Gasteiger partial charge in [-0.2, -0.15) is 4.58 Å². The van der Waals surface area contributed by atoms with Gasteiger partial charge in [-0.1, -0.05) is 37.3 Å². The van der Waals surface area contributed by atoms with Gasteiger partial charge >= 0.3 is 5.90 Å². The minimum atomic E-state index is 0. The summed E-state index contributed by atoms with van der Waals surface area (Å²) >= 11 is 0. The number of benzene rings is 1. The second-order valence-electron chi connectivity index (χ2n) is 3.81. The van der Waals surface area contributed by atoms with Crippen LogP contribution in [0.1, 0.15) is 23.7 Å². The summed E-state index contributed by atoms with van der Waals surface area (Å²) in [7, 11) is 0. The first-order valence-electron chi connectivity index (χ1n) is 5.63. The van der Waals surface area contributed by atoms with Crippen LogP contribution in [0.5, 0.6) is 0 Å². The molecule has 0 atom stereocenters. The Morgan fingerprint density at radius 3 is 2.71 bits per heavy atom. The fraction of sp³-hybridized carbons (Fsp3) is 0.385. The number of carbonyl (C=O) groups excluding carboxylic acids is 1. The zero-order valence-electron chi connectivity index (χ0n) is 9.86. The Hall–Kier alpha value is -1.16. The van der Waals surface area contributed by atoms with Crippen LogP contribution in [0.15, 0.2) is 30.3 Å². The molecule has 0 spiro atoms. The highest BCUT2D eigenvalue weighted by atomic mass is 79.9. The van der Waals surface area contributed by atoms with Crippen molar-refractivity contribution in [1.29, 1.82) is 0 Å². The zero-order chi connectivity index (χ0) is 11.4. The smallest absolute Gasteiger partial charge is 0.336 e. The Morgan fingerprint density at radius 2 is 2.06 bits per heavy atom. The molecule has 0 fully saturated rings. The minimum absolute atomic E-state index is 0. The summed E-state index contributed by atoms with van der Waals surface area (Å²) in [6.45, 7) is 3.99. The molecule has 0 saturated carbocycles. The van der Waals surface area contributed by atoms with Gasteiger partial charge in [0, 0.05) is 5.56 Å². The maximum Gasteiger partial charge on any atom is 0.336 e. The van der Waals surface area contributed by atoms with E-state index < -0.39 is 0 Å². The Balaban J connectivity index is 0.00000144. The predicted octanol–water partition coefficient (Wildman–Crippen LogP) is -1.28. The van der Waals surface area contributed by atoms with Gasteiger partial charge in [-0.3, -0.25) is 4.79 Å². The predicted molar refractivity (Wildman–Crippen MR) is 62.0 cm³/mol. The van der Waals surface area contributed by atoms with Gasteiger partial charge in [-0.05, 0) is 0 Å². The van der Waals surface area contributed by atoms with Crippen molar-refractivity contribution in [2.75, 3.05) is 19.7 Å². The van der Waals surface area contributed by atoms with Crippen LogP contribution < -0.4 is 17.0 Å². The molecule has 1 aromatic carbocycles. The molecule has 92 valence electrons. The third kappa shape index (κ3) is 3.40. The topological polar surface area (TPSA) is 29.3 Å². The summed E-state index contributed by atoms with van der Waals surface area (Å²) in [6.07, 6.45) is 0.849. The fourth-order valence-electron chi connectivity index (χ4n) is 1.87. The molecule has 0 bridgehead atoms. The van der Waals surface area contributed by atoms with Crippen molar-refractivity contribution in [2.45, 2.75) is 13.3 Å². The van der Waals surface area contributed by atoms with Crippen LogP contribution in [0.3, 0.4) is 0 Å². The van der Waals surface area contributed by atoms with Crippen molar-refractivity contribution in [3.63, 3.8) is 0 Å². The summed E-state index contributed by atoms with van der Waals surface area (Å²) < 4.78 is 7.46. The SMILES string of the molecule is CCC1=[N+](CC(=O)c2ccccc2)CCO1.[Br-]. The van der Waals surface area contributed by atoms with Crippen LogP contribution in [-0.4, -0.2) is 36.0 Å². The van der Waals surface area contributed by atoms with Gasteiger partial charge in [-0.15, -0.1) is 0 Å².